The molecule has 0 unspecified atom stereocenters. The van der Waals surface area contributed by atoms with Crippen LogP contribution in [0.3, 0.4) is 0 Å². The summed E-state index contributed by atoms with van der Waals surface area (Å²) in [6.45, 7) is 6.41. The highest BCUT2D eigenvalue weighted by Gasteiger charge is 2.04. The Kier molecular flexibility index (Phi) is 3.49. The predicted molar refractivity (Wildman–Crippen MR) is 35.3 cm³/mol. The van der Waals surface area contributed by atoms with E-state index in [1.807, 2.05) is 0 Å². The zero-order valence-electron chi connectivity index (χ0n) is 5.04. The van der Waals surface area contributed by atoms with E-state index in [1.165, 1.54) is 6.08 Å². The first-order valence-corrected chi connectivity index (χ1v) is 3.97. The molecule has 0 heterocycles. The Morgan fingerprint density at radius 2 is 2.11 bits per heavy atom. The summed E-state index contributed by atoms with van der Waals surface area (Å²) in [6.07, 6.45) is 1.27. The van der Waals surface area contributed by atoms with Gasteiger partial charge in [0.1, 0.15) is 0 Å². The Bertz CT molecular complexity index is 169. The van der Waals surface area contributed by atoms with Crippen molar-refractivity contribution < 1.29 is 12.6 Å². The first kappa shape index (κ1) is 8.65. The lowest BCUT2D eigenvalue weighted by molar-refractivity contribution is 0.358. The van der Waals surface area contributed by atoms with Gasteiger partial charge in [-0.25, -0.2) is 0 Å². The van der Waals surface area contributed by atoms with Crippen LogP contribution in [0.2, 0.25) is 0 Å². The van der Waals surface area contributed by atoms with Crippen LogP contribution < -0.4 is 0 Å². The molecule has 1 radical (unpaired) electrons. The van der Waals surface area contributed by atoms with Gasteiger partial charge in [-0.2, -0.15) is 8.42 Å². The van der Waals surface area contributed by atoms with Gasteiger partial charge in [0.25, 0.3) is 10.1 Å². The minimum atomic E-state index is -3.36. The fraction of sp³-hybridized carbons (Fsp3) is 0.400. The Labute approximate surface area is 55.5 Å². The van der Waals surface area contributed by atoms with Crippen molar-refractivity contribution in [1.82, 2.24) is 0 Å². The molecular weight excluding hydrogens is 140 g/mol. The molecule has 53 valence electrons. The van der Waals surface area contributed by atoms with Crippen LogP contribution in [0, 0.1) is 6.92 Å². The number of hydrogen-bond donors (Lipinski definition) is 0. The molecule has 0 aromatic rings. The predicted octanol–water partition coefficient (Wildman–Crippen LogP) is 0.353. The minimum absolute atomic E-state index is 0.0594. The first-order chi connectivity index (χ1) is 4.12. The summed E-state index contributed by atoms with van der Waals surface area (Å²) in [4.78, 5) is 0. The Hall–Kier alpha value is -0.350. The average Bonchev–Trinajstić information content (AvgIpc) is 1.64. The normalized spacial score (nSPS) is 11.2. The molecule has 0 amide bonds. The van der Waals surface area contributed by atoms with Crippen molar-refractivity contribution in [3.63, 3.8) is 0 Å². The van der Waals surface area contributed by atoms with E-state index in [9.17, 15) is 8.42 Å². The summed E-state index contributed by atoms with van der Waals surface area (Å²) in [5.74, 6) is -0.150. The molecule has 0 rings (SSSR count). The lowest BCUT2D eigenvalue weighted by atomic mass is 10.8. The molecule has 0 atom stereocenters. The molecule has 0 spiro atoms. The van der Waals surface area contributed by atoms with Crippen LogP contribution in [0.1, 0.15) is 0 Å². The van der Waals surface area contributed by atoms with E-state index < -0.39 is 10.1 Å². The highest BCUT2D eigenvalue weighted by Crippen LogP contribution is 1.91. The molecule has 0 aromatic heterocycles. The highest BCUT2D eigenvalue weighted by atomic mass is 32.2. The van der Waals surface area contributed by atoms with E-state index in [0.717, 1.165) is 0 Å². The molecule has 0 aliphatic carbocycles. The maximum absolute atomic E-state index is 10.5. The van der Waals surface area contributed by atoms with E-state index in [4.69, 9.17) is 0 Å². The van der Waals surface area contributed by atoms with E-state index >= 15 is 0 Å². The topological polar surface area (TPSA) is 43.4 Å². The summed E-state index contributed by atoms with van der Waals surface area (Å²) in [5, 5.41) is 0. The van der Waals surface area contributed by atoms with Gasteiger partial charge in [0.05, 0.1) is 12.4 Å². The maximum atomic E-state index is 10.5. The van der Waals surface area contributed by atoms with Gasteiger partial charge in [-0.3, -0.25) is 4.18 Å². The highest BCUT2D eigenvalue weighted by molar-refractivity contribution is 7.86. The summed E-state index contributed by atoms with van der Waals surface area (Å²) in [5.41, 5.74) is 0. The molecule has 0 saturated carbocycles. The molecule has 0 aromatic carbocycles. The second-order valence-electron chi connectivity index (χ2n) is 1.33. The quantitative estimate of drug-likeness (QED) is 0.428. The van der Waals surface area contributed by atoms with Crippen LogP contribution in [0.25, 0.3) is 0 Å². The van der Waals surface area contributed by atoms with Crippen LogP contribution in [0.5, 0.6) is 0 Å². The van der Waals surface area contributed by atoms with Gasteiger partial charge >= 0.3 is 0 Å². The molecule has 0 N–H and O–H groups in total. The summed E-state index contributed by atoms with van der Waals surface area (Å²) in [7, 11) is -3.36. The van der Waals surface area contributed by atoms with Crippen molar-refractivity contribution in [3.8, 4) is 0 Å². The third-order valence-electron chi connectivity index (χ3n) is 0.585. The van der Waals surface area contributed by atoms with Crippen molar-refractivity contribution in [2.75, 3.05) is 12.4 Å². The Morgan fingerprint density at radius 1 is 1.56 bits per heavy atom. The van der Waals surface area contributed by atoms with Gasteiger partial charge in [-0.1, -0.05) is 6.08 Å². The molecule has 9 heavy (non-hydrogen) atoms. The van der Waals surface area contributed by atoms with Crippen LogP contribution in [-0.2, 0) is 14.3 Å². The molecule has 0 bridgehead atoms. The van der Waals surface area contributed by atoms with Crippen LogP contribution in [0.4, 0.5) is 0 Å². The van der Waals surface area contributed by atoms with Gasteiger partial charge in [0.2, 0.25) is 0 Å². The number of hydrogen-bond acceptors (Lipinski definition) is 3. The molecule has 0 aliphatic rings. The summed E-state index contributed by atoms with van der Waals surface area (Å²) < 4.78 is 25.3. The zero-order chi connectivity index (χ0) is 7.33. The van der Waals surface area contributed by atoms with Crippen molar-refractivity contribution in [2.45, 2.75) is 0 Å². The Balaban J connectivity index is 3.88. The van der Waals surface area contributed by atoms with Crippen molar-refractivity contribution in [1.29, 1.82) is 0 Å². The van der Waals surface area contributed by atoms with Crippen LogP contribution in [-0.4, -0.2) is 20.8 Å². The molecular formula is C5H9O3S. The molecule has 0 fully saturated rings. The van der Waals surface area contributed by atoms with E-state index in [2.05, 4.69) is 17.7 Å². The van der Waals surface area contributed by atoms with Crippen molar-refractivity contribution in [2.24, 2.45) is 0 Å². The van der Waals surface area contributed by atoms with Gasteiger partial charge in [-0.05, 0) is 6.92 Å². The first-order valence-electron chi connectivity index (χ1n) is 2.39. The van der Waals surface area contributed by atoms with Crippen molar-refractivity contribution >= 4 is 10.1 Å². The fourth-order valence-electron chi connectivity index (χ4n) is 0.319. The number of rotatable bonds is 4. The third-order valence-corrected chi connectivity index (χ3v) is 1.75. The second kappa shape index (κ2) is 3.63. The molecule has 3 nitrogen and oxygen atoms in total. The molecule has 4 heteroatoms. The van der Waals surface area contributed by atoms with Crippen LogP contribution >= 0.6 is 0 Å². The smallest absolute Gasteiger partial charge is 0.270 e. The summed E-state index contributed by atoms with van der Waals surface area (Å²) >= 11 is 0. The van der Waals surface area contributed by atoms with Crippen molar-refractivity contribution in [3.05, 3.63) is 19.6 Å². The molecule has 0 aliphatic heterocycles. The second-order valence-corrected chi connectivity index (χ2v) is 3.02. The van der Waals surface area contributed by atoms with E-state index in [-0.39, 0.29) is 12.4 Å². The molecule has 0 saturated heterocycles. The average molecular weight is 149 g/mol. The van der Waals surface area contributed by atoms with Crippen LogP contribution in [0.15, 0.2) is 12.7 Å². The van der Waals surface area contributed by atoms with Gasteiger partial charge in [0, 0.05) is 0 Å². The summed E-state index contributed by atoms with van der Waals surface area (Å²) in [6, 6.07) is 0. The lowest BCUT2D eigenvalue weighted by Crippen LogP contribution is -2.07. The Morgan fingerprint density at radius 3 is 2.44 bits per heavy atom. The maximum Gasteiger partial charge on any atom is 0.270 e. The standard InChI is InChI=1S/C5H9O3S/c1-3-5-9(6,7)8-4-2/h3H,1-2,4-5H2. The van der Waals surface area contributed by atoms with Gasteiger partial charge < -0.3 is 0 Å². The SMILES string of the molecule is [CH2]COS(=O)(=O)CC=C. The van der Waals surface area contributed by atoms with Gasteiger partial charge in [-0.15, -0.1) is 6.58 Å². The van der Waals surface area contributed by atoms with E-state index in [1.54, 1.807) is 0 Å². The largest absolute Gasteiger partial charge is 0.270 e. The fourth-order valence-corrected chi connectivity index (χ4v) is 0.958. The zero-order valence-corrected chi connectivity index (χ0v) is 5.86. The monoisotopic (exact) mass is 149 g/mol. The van der Waals surface area contributed by atoms with Gasteiger partial charge in [0.15, 0.2) is 0 Å². The third kappa shape index (κ3) is 4.17. The lowest BCUT2D eigenvalue weighted by Gasteiger charge is -1.96. The minimum Gasteiger partial charge on any atom is -0.270 e. The van der Waals surface area contributed by atoms with E-state index in [0.29, 0.717) is 0 Å².